The summed E-state index contributed by atoms with van der Waals surface area (Å²) in [7, 11) is -3.64. The van der Waals surface area contributed by atoms with Crippen molar-refractivity contribution in [2.45, 2.75) is 12.7 Å². The topological polar surface area (TPSA) is 70.0 Å². The lowest BCUT2D eigenvalue weighted by molar-refractivity contribution is 0.600. The number of anilines is 1. The van der Waals surface area contributed by atoms with Crippen LogP contribution >= 0.6 is 0 Å². The Kier molecular flexibility index (Phi) is 4.24. The molecule has 0 fully saturated rings. The standard InChI is InChI=1S/C15H13FN2O2S/c1-11-2-7-14(8-15(11)16)18-21(19,20)10-13-5-3-12(9-17)4-6-13/h2-8,18H,10H2,1H3. The largest absolute Gasteiger partial charge is 0.283 e. The van der Waals surface area contributed by atoms with E-state index in [1.807, 2.05) is 6.07 Å². The first-order chi connectivity index (χ1) is 9.89. The fraction of sp³-hybridized carbons (Fsp3) is 0.133. The zero-order chi connectivity index (χ0) is 15.5. The Morgan fingerprint density at radius 1 is 1.19 bits per heavy atom. The second kappa shape index (κ2) is 5.94. The summed E-state index contributed by atoms with van der Waals surface area (Å²) in [5, 5.41) is 8.69. The molecule has 0 aromatic heterocycles. The fourth-order valence-corrected chi connectivity index (χ4v) is 2.96. The highest BCUT2D eigenvalue weighted by molar-refractivity contribution is 7.91. The van der Waals surface area contributed by atoms with E-state index < -0.39 is 15.8 Å². The molecule has 108 valence electrons. The third-order valence-electron chi connectivity index (χ3n) is 2.88. The highest BCUT2D eigenvalue weighted by Crippen LogP contribution is 2.16. The number of nitriles is 1. The Balaban J connectivity index is 2.14. The lowest BCUT2D eigenvalue weighted by Crippen LogP contribution is -2.15. The highest BCUT2D eigenvalue weighted by atomic mass is 32.2. The molecule has 0 spiro atoms. The molecule has 0 unspecified atom stereocenters. The highest BCUT2D eigenvalue weighted by Gasteiger charge is 2.12. The monoisotopic (exact) mass is 304 g/mol. The number of nitrogens with zero attached hydrogens (tertiary/aromatic N) is 1. The Labute approximate surface area is 122 Å². The molecule has 0 saturated carbocycles. The van der Waals surface area contributed by atoms with Crippen LogP contribution in [0.1, 0.15) is 16.7 Å². The Morgan fingerprint density at radius 3 is 2.43 bits per heavy atom. The third kappa shape index (κ3) is 4.04. The predicted octanol–water partition coefficient (Wildman–Crippen LogP) is 2.95. The summed E-state index contributed by atoms with van der Waals surface area (Å²) in [6.45, 7) is 1.60. The Morgan fingerprint density at radius 2 is 1.86 bits per heavy atom. The molecule has 0 heterocycles. The molecule has 0 saturated heterocycles. The summed E-state index contributed by atoms with van der Waals surface area (Å²) < 4.78 is 39.8. The number of rotatable bonds is 4. The van der Waals surface area contributed by atoms with Gasteiger partial charge in [0.05, 0.1) is 23.1 Å². The minimum Gasteiger partial charge on any atom is -0.283 e. The van der Waals surface area contributed by atoms with Crippen molar-refractivity contribution in [1.82, 2.24) is 0 Å². The Bertz CT molecular complexity index is 793. The molecule has 0 aliphatic heterocycles. The lowest BCUT2D eigenvalue weighted by Gasteiger charge is -2.09. The number of nitrogens with one attached hydrogen (secondary N) is 1. The van der Waals surface area contributed by atoms with E-state index in [2.05, 4.69) is 4.72 Å². The quantitative estimate of drug-likeness (QED) is 0.944. The zero-order valence-electron chi connectivity index (χ0n) is 11.3. The van der Waals surface area contributed by atoms with E-state index in [0.717, 1.165) is 6.07 Å². The molecule has 0 aliphatic rings. The van der Waals surface area contributed by atoms with E-state index >= 15 is 0 Å². The summed E-state index contributed by atoms with van der Waals surface area (Å²) in [6.07, 6.45) is 0. The normalized spacial score (nSPS) is 10.9. The van der Waals surface area contributed by atoms with Gasteiger partial charge >= 0.3 is 0 Å². The molecule has 0 radical (unpaired) electrons. The third-order valence-corrected chi connectivity index (χ3v) is 4.14. The average molecular weight is 304 g/mol. The van der Waals surface area contributed by atoms with E-state index in [1.54, 1.807) is 31.2 Å². The van der Waals surface area contributed by atoms with Gasteiger partial charge in [-0.3, -0.25) is 4.72 Å². The van der Waals surface area contributed by atoms with Crippen LogP contribution in [0.2, 0.25) is 0 Å². The second-order valence-corrected chi connectivity index (χ2v) is 6.36. The molecule has 0 amide bonds. The molecule has 2 rings (SSSR count). The summed E-state index contributed by atoms with van der Waals surface area (Å²) in [5.74, 6) is -0.706. The maximum atomic E-state index is 13.4. The van der Waals surface area contributed by atoms with Crippen LogP contribution in [0.5, 0.6) is 0 Å². The van der Waals surface area contributed by atoms with Crippen molar-refractivity contribution >= 4 is 15.7 Å². The molecule has 21 heavy (non-hydrogen) atoms. The van der Waals surface area contributed by atoms with Crippen molar-refractivity contribution in [3.63, 3.8) is 0 Å². The summed E-state index contributed by atoms with van der Waals surface area (Å²) >= 11 is 0. The molecule has 2 aromatic carbocycles. The molecule has 0 aliphatic carbocycles. The van der Waals surface area contributed by atoms with Gasteiger partial charge in [0.1, 0.15) is 5.82 Å². The van der Waals surface area contributed by atoms with Crippen molar-refractivity contribution in [2.24, 2.45) is 0 Å². The van der Waals surface area contributed by atoms with E-state index in [1.165, 1.54) is 12.1 Å². The molecular weight excluding hydrogens is 291 g/mol. The SMILES string of the molecule is Cc1ccc(NS(=O)(=O)Cc2ccc(C#N)cc2)cc1F. The number of sulfonamides is 1. The van der Waals surface area contributed by atoms with Crippen molar-refractivity contribution in [3.8, 4) is 6.07 Å². The van der Waals surface area contributed by atoms with Crippen LogP contribution < -0.4 is 4.72 Å². The average Bonchev–Trinajstić information content (AvgIpc) is 2.43. The summed E-state index contributed by atoms with van der Waals surface area (Å²) in [5.41, 5.74) is 1.65. The fourth-order valence-electron chi connectivity index (χ4n) is 1.77. The number of hydrogen-bond acceptors (Lipinski definition) is 3. The van der Waals surface area contributed by atoms with Gasteiger partial charge in [0.2, 0.25) is 10.0 Å². The van der Waals surface area contributed by atoms with Crippen molar-refractivity contribution in [3.05, 3.63) is 65.0 Å². The molecule has 6 heteroatoms. The van der Waals surface area contributed by atoms with Crippen molar-refractivity contribution in [1.29, 1.82) is 5.26 Å². The van der Waals surface area contributed by atoms with E-state index in [-0.39, 0.29) is 11.4 Å². The van der Waals surface area contributed by atoms with E-state index in [9.17, 15) is 12.8 Å². The van der Waals surface area contributed by atoms with Gasteiger partial charge in [0.25, 0.3) is 0 Å². The van der Waals surface area contributed by atoms with Gasteiger partial charge < -0.3 is 0 Å². The maximum Gasteiger partial charge on any atom is 0.236 e. The van der Waals surface area contributed by atoms with Crippen LogP contribution in [0, 0.1) is 24.1 Å². The van der Waals surface area contributed by atoms with Crippen LogP contribution in [0.25, 0.3) is 0 Å². The van der Waals surface area contributed by atoms with Gasteiger partial charge in [0, 0.05) is 0 Å². The zero-order valence-corrected chi connectivity index (χ0v) is 12.1. The smallest absolute Gasteiger partial charge is 0.236 e. The van der Waals surface area contributed by atoms with E-state index in [4.69, 9.17) is 5.26 Å². The van der Waals surface area contributed by atoms with Gasteiger partial charge in [-0.2, -0.15) is 5.26 Å². The van der Waals surface area contributed by atoms with Crippen molar-refractivity contribution in [2.75, 3.05) is 4.72 Å². The molecule has 0 bridgehead atoms. The Hall–Kier alpha value is -2.39. The van der Waals surface area contributed by atoms with Gasteiger partial charge in [-0.25, -0.2) is 12.8 Å². The first-order valence-electron chi connectivity index (χ1n) is 6.15. The molecular formula is C15H13FN2O2S. The number of hydrogen-bond donors (Lipinski definition) is 1. The van der Waals surface area contributed by atoms with Crippen molar-refractivity contribution < 1.29 is 12.8 Å². The van der Waals surface area contributed by atoms with E-state index in [0.29, 0.717) is 16.7 Å². The number of benzene rings is 2. The van der Waals surface area contributed by atoms with Gasteiger partial charge in [-0.15, -0.1) is 0 Å². The van der Waals surface area contributed by atoms with Crippen LogP contribution in [0.15, 0.2) is 42.5 Å². The molecule has 1 N–H and O–H groups in total. The van der Waals surface area contributed by atoms with Crippen LogP contribution in [-0.4, -0.2) is 8.42 Å². The number of aryl methyl sites for hydroxylation is 1. The second-order valence-electron chi connectivity index (χ2n) is 4.63. The van der Waals surface area contributed by atoms with Crippen LogP contribution in [-0.2, 0) is 15.8 Å². The minimum absolute atomic E-state index is 0.187. The van der Waals surface area contributed by atoms with Gasteiger partial charge in [-0.1, -0.05) is 18.2 Å². The van der Waals surface area contributed by atoms with Gasteiger partial charge in [-0.05, 0) is 42.3 Å². The maximum absolute atomic E-state index is 13.4. The van der Waals surface area contributed by atoms with Crippen LogP contribution in [0.4, 0.5) is 10.1 Å². The summed E-state index contributed by atoms with van der Waals surface area (Å²) in [6, 6.07) is 12.4. The minimum atomic E-state index is -3.64. The predicted molar refractivity (Wildman–Crippen MR) is 78.5 cm³/mol. The van der Waals surface area contributed by atoms with Gasteiger partial charge in [0.15, 0.2) is 0 Å². The first-order valence-corrected chi connectivity index (χ1v) is 7.80. The molecule has 0 atom stereocenters. The lowest BCUT2D eigenvalue weighted by atomic mass is 10.2. The summed E-state index contributed by atoms with van der Waals surface area (Å²) in [4.78, 5) is 0. The van der Waals surface area contributed by atoms with Crippen LogP contribution in [0.3, 0.4) is 0 Å². The number of halogens is 1. The molecule has 2 aromatic rings. The molecule has 4 nitrogen and oxygen atoms in total. The first kappa shape index (κ1) is 15.0.